The fraction of sp³-hybridized carbons (Fsp3) is 0.125. The number of hydrogen-bond donors (Lipinski definition) is 1. The van der Waals surface area contributed by atoms with Crippen LogP contribution in [-0.2, 0) is 17.8 Å². The van der Waals surface area contributed by atoms with E-state index in [-0.39, 0.29) is 36.1 Å². The van der Waals surface area contributed by atoms with E-state index in [1.807, 2.05) is 0 Å². The molecular formula is C16H12F2N6O3. The number of aromatic nitrogens is 4. The number of nitrogens with one attached hydrogen (secondary N) is 1. The Kier molecular flexibility index (Phi) is 5.11. The number of carbonyl (C=O) groups excluding carboxylic acids is 1. The zero-order valence-corrected chi connectivity index (χ0v) is 13.7. The van der Waals surface area contributed by atoms with Crippen molar-refractivity contribution >= 4 is 11.6 Å². The van der Waals surface area contributed by atoms with Crippen molar-refractivity contribution in [1.29, 1.82) is 0 Å². The Hall–Kier alpha value is -3.76. The predicted octanol–water partition coefficient (Wildman–Crippen LogP) is 1.71. The monoisotopic (exact) mass is 374 g/mol. The van der Waals surface area contributed by atoms with Gasteiger partial charge >= 0.3 is 0 Å². The Labute approximate surface area is 150 Å². The molecule has 1 N–H and O–H groups in total. The van der Waals surface area contributed by atoms with Crippen LogP contribution in [0.1, 0.15) is 11.4 Å². The first-order chi connectivity index (χ1) is 12.9. The van der Waals surface area contributed by atoms with E-state index in [2.05, 4.69) is 20.8 Å². The van der Waals surface area contributed by atoms with Gasteiger partial charge in [-0.15, -0.1) is 5.10 Å². The van der Waals surface area contributed by atoms with E-state index in [4.69, 9.17) is 0 Å². The lowest BCUT2D eigenvalue weighted by Gasteiger charge is -2.07. The third kappa shape index (κ3) is 4.26. The minimum atomic E-state index is -1.05. The Bertz CT molecular complexity index is 990. The summed E-state index contributed by atoms with van der Waals surface area (Å²) in [7, 11) is 0. The third-order valence-electron chi connectivity index (χ3n) is 3.64. The first kappa shape index (κ1) is 18.0. The van der Waals surface area contributed by atoms with Crippen LogP contribution in [0.15, 0.2) is 42.5 Å². The second kappa shape index (κ2) is 7.64. The Morgan fingerprint density at radius 2 is 1.89 bits per heavy atom. The first-order valence-corrected chi connectivity index (χ1v) is 7.67. The molecule has 0 unspecified atom stereocenters. The van der Waals surface area contributed by atoms with E-state index in [1.54, 1.807) is 0 Å². The van der Waals surface area contributed by atoms with Crippen molar-refractivity contribution in [2.75, 3.05) is 0 Å². The SMILES string of the molecule is O=C(Cc1ccc([N+](=O)[O-])cc1)NCc1nnnn1-c1ccc(F)c(F)c1. The molecule has 1 amide bonds. The standard InChI is InChI=1S/C16H12F2N6O3/c17-13-6-5-12(8-14(13)18)23-15(20-21-22-23)9-19-16(25)7-10-1-3-11(4-2-10)24(26)27/h1-6,8H,7,9H2,(H,19,25). The zero-order valence-electron chi connectivity index (χ0n) is 13.7. The van der Waals surface area contributed by atoms with E-state index in [1.165, 1.54) is 35.0 Å². The maximum absolute atomic E-state index is 13.4. The molecule has 0 radical (unpaired) electrons. The molecule has 0 saturated heterocycles. The van der Waals surface area contributed by atoms with Crippen LogP contribution in [0.2, 0.25) is 0 Å². The highest BCUT2D eigenvalue weighted by Gasteiger charge is 2.13. The van der Waals surface area contributed by atoms with Crippen molar-refractivity contribution in [1.82, 2.24) is 25.5 Å². The summed E-state index contributed by atoms with van der Waals surface area (Å²) in [5.41, 5.74) is 0.738. The second-order valence-corrected chi connectivity index (χ2v) is 5.48. The van der Waals surface area contributed by atoms with Gasteiger partial charge in [0.05, 0.1) is 23.6 Å². The van der Waals surface area contributed by atoms with Gasteiger partial charge in [-0.2, -0.15) is 4.68 Å². The van der Waals surface area contributed by atoms with E-state index in [0.717, 1.165) is 12.1 Å². The van der Waals surface area contributed by atoms with Crippen LogP contribution in [0.3, 0.4) is 0 Å². The van der Waals surface area contributed by atoms with Gasteiger partial charge in [0.15, 0.2) is 17.5 Å². The summed E-state index contributed by atoms with van der Waals surface area (Å²) in [5.74, 6) is -2.18. The van der Waals surface area contributed by atoms with Crippen LogP contribution in [0.25, 0.3) is 5.69 Å². The minimum Gasteiger partial charge on any atom is -0.348 e. The van der Waals surface area contributed by atoms with Gasteiger partial charge < -0.3 is 5.32 Å². The lowest BCUT2D eigenvalue weighted by molar-refractivity contribution is -0.384. The van der Waals surface area contributed by atoms with Crippen molar-refractivity contribution < 1.29 is 18.5 Å². The van der Waals surface area contributed by atoms with E-state index in [0.29, 0.717) is 5.56 Å². The third-order valence-corrected chi connectivity index (χ3v) is 3.64. The molecule has 0 aliphatic heterocycles. The number of rotatable bonds is 6. The topological polar surface area (TPSA) is 116 Å². The van der Waals surface area contributed by atoms with Crippen LogP contribution in [0.4, 0.5) is 14.5 Å². The van der Waals surface area contributed by atoms with E-state index >= 15 is 0 Å². The highest BCUT2D eigenvalue weighted by atomic mass is 19.2. The highest BCUT2D eigenvalue weighted by Crippen LogP contribution is 2.14. The first-order valence-electron chi connectivity index (χ1n) is 7.67. The molecule has 3 rings (SSSR count). The van der Waals surface area contributed by atoms with Crippen LogP contribution in [0.5, 0.6) is 0 Å². The molecule has 1 aromatic heterocycles. The van der Waals surface area contributed by atoms with Crippen molar-refractivity contribution in [2.45, 2.75) is 13.0 Å². The molecule has 0 saturated carbocycles. The average molecular weight is 374 g/mol. The molecule has 27 heavy (non-hydrogen) atoms. The molecule has 0 aliphatic carbocycles. The highest BCUT2D eigenvalue weighted by molar-refractivity contribution is 5.78. The number of hydrogen-bond acceptors (Lipinski definition) is 6. The molecule has 0 bridgehead atoms. The number of halogens is 2. The summed E-state index contributed by atoms with van der Waals surface area (Å²) in [6.07, 6.45) is 0.00470. The molecule has 2 aromatic carbocycles. The maximum Gasteiger partial charge on any atom is 0.269 e. The van der Waals surface area contributed by atoms with Gasteiger partial charge in [-0.3, -0.25) is 14.9 Å². The van der Waals surface area contributed by atoms with Gasteiger partial charge in [0.25, 0.3) is 5.69 Å². The van der Waals surface area contributed by atoms with Gasteiger partial charge in [0.2, 0.25) is 5.91 Å². The largest absolute Gasteiger partial charge is 0.348 e. The molecule has 1 heterocycles. The number of benzene rings is 2. The molecule has 9 nitrogen and oxygen atoms in total. The van der Waals surface area contributed by atoms with E-state index in [9.17, 15) is 23.7 Å². The Morgan fingerprint density at radius 1 is 1.15 bits per heavy atom. The maximum atomic E-state index is 13.4. The number of nitro benzene ring substituents is 1. The lowest BCUT2D eigenvalue weighted by atomic mass is 10.1. The van der Waals surface area contributed by atoms with Crippen molar-refractivity contribution in [3.05, 3.63) is 75.6 Å². The molecule has 3 aromatic rings. The van der Waals surface area contributed by atoms with Crippen molar-refractivity contribution in [3.63, 3.8) is 0 Å². The Morgan fingerprint density at radius 3 is 2.56 bits per heavy atom. The molecule has 0 atom stereocenters. The van der Waals surface area contributed by atoms with Crippen LogP contribution in [0, 0.1) is 21.7 Å². The molecular weight excluding hydrogens is 362 g/mol. The van der Waals surface area contributed by atoms with Crippen molar-refractivity contribution in [3.8, 4) is 5.69 Å². The second-order valence-electron chi connectivity index (χ2n) is 5.48. The summed E-state index contributed by atoms with van der Waals surface area (Å²) in [6.45, 7) is -0.0438. The summed E-state index contributed by atoms with van der Waals surface area (Å²) in [5, 5.41) is 24.1. The molecule has 11 heteroatoms. The van der Waals surface area contributed by atoms with Gasteiger partial charge in [-0.25, -0.2) is 8.78 Å². The van der Waals surface area contributed by atoms with Crippen LogP contribution < -0.4 is 5.32 Å². The van der Waals surface area contributed by atoms with Crippen LogP contribution in [-0.4, -0.2) is 31.0 Å². The number of non-ortho nitro benzene ring substituents is 1. The zero-order chi connectivity index (χ0) is 19.4. The number of carbonyl (C=O) groups is 1. The Balaban J connectivity index is 1.63. The smallest absolute Gasteiger partial charge is 0.269 e. The number of tetrazole rings is 1. The minimum absolute atomic E-state index is 0.00470. The summed E-state index contributed by atoms with van der Waals surface area (Å²) in [4.78, 5) is 22.1. The summed E-state index contributed by atoms with van der Waals surface area (Å²) >= 11 is 0. The molecule has 138 valence electrons. The summed E-state index contributed by atoms with van der Waals surface area (Å²) in [6, 6.07) is 8.79. The number of nitrogens with zero attached hydrogens (tertiary/aromatic N) is 5. The summed E-state index contributed by atoms with van der Waals surface area (Å²) < 4.78 is 27.6. The molecule has 0 aliphatic rings. The predicted molar refractivity (Wildman–Crippen MR) is 87.7 cm³/mol. The van der Waals surface area contributed by atoms with Crippen molar-refractivity contribution in [2.24, 2.45) is 0 Å². The molecule has 0 spiro atoms. The molecule has 0 fully saturated rings. The van der Waals surface area contributed by atoms with E-state index < -0.39 is 16.6 Å². The lowest BCUT2D eigenvalue weighted by Crippen LogP contribution is -2.26. The fourth-order valence-corrected chi connectivity index (χ4v) is 2.29. The fourth-order valence-electron chi connectivity index (χ4n) is 2.29. The number of amides is 1. The number of nitro groups is 1. The normalized spacial score (nSPS) is 10.6. The quantitative estimate of drug-likeness (QED) is 0.519. The average Bonchev–Trinajstić information content (AvgIpc) is 3.11. The van der Waals surface area contributed by atoms with Gasteiger partial charge in [-0.1, -0.05) is 12.1 Å². The van der Waals surface area contributed by atoms with Gasteiger partial charge in [0, 0.05) is 18.2 Å². The van der Waals surface area contributed by atoms with Gasteiger partial charge in [-0.05, 0) is 28.1 Å². The van der Waals surface area contributed by atoms with Gasteiger partial charge in [0.1, 0.15) is 0 Å². The van der Waals surface area contributed by atoms with Crippen LogP contribution >= 0.6 is 0 Å².